The molecule has 6 heteroatoms. The summed E-state index contributed by atoms with van der Waals surface area (Å²) in [5.41, 5.74) is 0. The van der Waals surface area contributed by atoms with Gasteiger partial charge in [-0.2, -0.15) is 0 Å². The second-order valence-electron chi connectivity index (χ2n) is 3.79. The maximum atomic E-state index is 10.8. The van der Waals surface area contributed by atoms with E-state index in [-0.39, 0.29) is 25.2 Å². The van der Waals surface area contributed by atoms with Crippen LogP contribution in [-0.2, 0) is 28.7 Å². The van der Waals surface area contributed by atoms with Crippen molar-refractivity contribution in [1.29, 1.82) is 0 Å². The van der Waals surface area contributed by atoms with Crippen LogP contribution < -0.4 is 0 Å². The zero-order valence-electron chi connectivity index (χ0n) is 10.0. The summed E-state index contributed by atoms with van der Waals surface area (Å²) in [5, 5.41) is 0. The van der Waals surface area contributed by atoms with Gasteiger partial charge in [-0.1, -0.05) is 19.1 Å². The van der Waals surface area contributed by atoms with Crippen LogP contribution >= 0.6 is 0 Å². The molecule has 1 atom stereocenters. The lowest BCUT2D eigenvalue weighted by Gasteiger charge is -1.92. The molecule has 18 heavy (non-hydrogen) atoms. The van der Waals surface area contributed by atoms with Crippen LogP contribution in [0.15, 0.2) is 12.2 Å². The third-order valence-electron chi connectivity index (χ3n) is 2.27. The molecular weight excluding hydrogens is 240 g/mol. The van der Waals surface area contributed by atoms with Crippen molar-refractivity contribution in [3.8, 4) is 0 Å². The van der Waals surface area contributed by atoms with Crippen LogP contribution in [0.4, 0.5) is 0 Å². The van der Waals surface area contributed by atoms with Crippen LogP contribution in [0.25, 0.3) is 0 Å². The van der Waals surface area contributed by atoms with Crippen molar-refractivity contribution in [2.45, 2.75) is 32.6 Å². The van der Waals surface area contributed by atoms with E-state index in [4.69, 9.17) is 0 Å². The van der Waals surface area contributed by atoms with E-state index in [0.29, 0.717) is 0 Å². The van der Waals surface area contributed by atoms with Gasteiger partial charge in [0, 0.05) is 0 Å². The third-order valence-corrected chi connectivity index (χ3v) is 2.27. The fourth-order valence-corrected chi connectivity index (χ4v) is 1.37. The summed E-state index contributed by atoms with van der Waals surface area (Å²) in [5.74, 6) is -1.96. The summed E-state index contributed by atoms with van der Waals surface area (Å²) in [6.07, 6.45) is 5.20. The Kier molecular flexibility index (Phi) is 5.23. The molecule has 0 amide bonds. The summed E-state index contributed by atoms with van der Waals surface area (Å²) >= 11 is 0. The monoisotopic (exact) mass is 254 g/mol. The SMILES string of the molecule is CCC=CC1CC(=O)OC1=O.O=C1CCC(=O)O1. The lowest BCUT2D eigenvalue weighted by molar-refractivity contribution is -0.154. The van der Waals surface area contributed by atoms with E-state index in [0.717, 1.165) is 6.42 Å². The molecule has 2 saturated heterocycles. The normalized spacial score (nSPS) is 22.8. The number of ether oxygens (including phenoxy) is 2. The zero-order valence-corrected chi connectivity index (χ0v) is 10.0. The Bertz CT molecular complexity index is 381. The molecule has 0 aliphatic carbocycles. The molecular formula is C12H14O6. The Balaban J connectivity index is 0.000000199. The lowest BCUT2D eigenvalue weighted by atomic mass is 10.1. The number of carbonyl (C=O) groups excluding carboxylic acids is 4. The highest BCUT2D eigenvalue weighted by atomic mass is 16.6. The van der Waals surface area contributed by atoms with Gasteiger partial charge in [-0.3, -0.25) is 19.2 Å². The van der Waals surface area contributed by atoms with Gasteiger partial charge in [0.2, 0.25) is 0 Å². The van der Waals surface area contributed by atoms with Gasteiger partial charge in [-0.15, -0.1) is 0 Å². The van der Waals surface area contributed by atoms with Crippen molar-refractivity contribution in [2.24, 2.45) is 5.92 Å². The number of esters is 4. The highest BCUT2D eigenvalue weighted by Gasteiger charge is 2.30. The molecule has 2 aliphatic heterocycles. The van der Waals surface area contributed by atoms with Crippen LogP contribution in [0.3, 0.4) is 0 Å². The van der Waals surface area contributed by atoms with Crippen molar-refractivity contribution in [3.05, 3.63) is 12.2 Å². The maximum Gasteiger partial charge on any atom is 0.321 e. The summed E-state index contributed by atoms with van der Waals surface area (Å²) in [6.45, 7) is 1.97. The first kappa shape index (κ1) is 14.1. The van der Waals surface area contributed by atoms with E-state index in [1.165, 1.54) is 0 Å². The Morgan fingerprint density at radius 3 is 2.00 bits per heavy atom. The largest absolute Gasteiger partial charge is 0.393 e. The van der Waals surface area contributed by atoms with Crippen LogP contribution in [0.1, 0.15) is 32.6 Å². The van der Waals surface area contributed by atoms with Crippen molar-refractivity contribution in [1.82, 2.24) is 0 Å². The fraction of sp³-hybridized carbons (Fsp3) is 0.500. The Morgan fingerprint density at radius 2 is 1.67 bits per heavy atom. The molecule has 0 aromatic rings. The van der Waals surface area contributed by atoms with Gasteiger partial charge >= 0.3 is 23.9 Å². The molecule has 6 nitrogen and oxygen atoms in total. The minimum absolute atomic E-state index is 0.204. The van der Waals surface area contributed by atoms with Crippen molar-refractivity contribution >= 4 is 23.9 Å². The van der Waals surface area contributed by atoms with Crippen molar-refractivity contribution in [2.75, 3.05) is 0 Å². The Morgan fingerprint density at radius 1 is 1.06 bits per heavy atom. The molecule has 0 N–H and O–H groups in total. The van der Waals surface area contributed by atoms with E-state index in [9.17, 15) is 19.2 Å². The first-order valence-electron chi connectivity index (χ1n) is 5.67. The number of allylic oxidation sites excluding steroid dienone is 1. The summed E-state index contributed by atoms with van der Waals surface area (Å²) < 4.78 is 8.43. The lowest BCUT2D eigenvalue weighted by Crippen LogP contribution is -2.03. The molecule has 0 spiro atoms. The number of hydrogen-bond donors (Lipinski definition) is 0. The molecule has 1 unspecified atom stereocenters. The molecule has 0 bridgehead atoms. The van der Waals surface area contributed by atoms with E-state index < -0.39 is 23.9 Å². The van der Waals surface area contributed by atoms with E-state index in [1.807, 2.05) is 13.0 Å². The first-order chi connectivity index (χ1) is 8.52. The minimum atomic E-state index is -0.417. The second-order valence-corrected chi connectivity index (χ2v) is 3.79. The van der Waals surface area contributed by atoms with E-state index in [2.05, 4.69) is 9.47 Å². The van der Waals surface area contributed by atoms with E-state index >= 15 is 0 Å². The number of carbonyl (C=O) groups is 4. The predicted octanol–water partition coefficient (Wildman–Crippen LogP) is 0.892. The van der Waals surface area contributed by atoms with Crippen molar-refractivity contribution < 1.29 is 28.7 Å². The van der Waals surface area contributed by atoms with Crippen LogP contribution in [0.2, 0.25) is 0 Å². The smallest absolute Gasteiger partial charge is 0.321 e. The quantitative estimate of drug-likeness (QED) is 0.413. The van der Waals surface area contributed by atoms with Crippen molar-refractivity contribution in [3.63, 3.8) is 0 Å². The fourth-order valence-electron chi connectivity index (χ4n) is 1.37. The molecule has 2 aliphatic rings. The second kappa shape index (κ2) is 6.68. The van der Waals surface area contributed by atoms with Crippen LogP contribution in [0, 0.1) is 5.92 Å². The molecule has 98 valence electrons. The molecule has 2 fully saturated rings. The molecule has 0 radical (unpaired) electrons. The molecule has 0 aromatic carbocycles. The summed E-state index contributed by atoms with van der Waals surface area (Å²) in [7, 11) is 0. The average molecular weight is 254 g/mol. The van der Waals surface area contributed by atoms with Gasteiger partial charge in [-0.05, 0) is 6.42 Å². The molecule has 0 saturated carbocycles. The molecule has 0 aromatic heterocycles. The number of hydrogen-bond acceptors (Lipinski definition) is 6. The van der Waals surface area contributed by atoms with Gasteiger partial charge in [0.1, 0.15) is 0 Å². The van der Waals surface area contributed by atoms with Crippen LogP contribution in [0.5, 0.6) is 0 Å². The number of rotatable bonds is 2. The standard InChI is InChI=1S/C8H10O3.C4H4O3/c1-2-3-4-6-5-7(9)11-8(6)10;5-3-1-2-4(6)7-3/h3-4,6H,2,5H2,1H3;1-2H2. The Hall–Kier alpha value is -1.98. The first-order valence-corrected chi connectivity index (χ1v) is 5.67. The summed E-state index contributed by atoms with van der Waals surface area (Å²) in [4.78, 5) is 41.4. The number of cyclic esters (lactones) is 4. The van der Waals surface area contributed by atoms with Gasteiger partial charge in [0.05, 0.1) is 25.2 Å². The Labute approximate surface area is 104 Å². The highest BCUT2D eigenvalue weighted by molar-refractivity contribution is 5.95. The zero-order chi connectivity index (χ0) is 13.5. The van der Waals surface area contributed by atoms with Gasteiger partial charge in [-0.25, -0.2) is 0 Å². The minimum Gasteiger partial charge on any atom is -0.393 e. The summed E-state index contributed by atoms with van der Waals surface area (Å²) in [6, 6.07) is 0. The third kappa shape index (κ3) is 4.48. The highest BCUT2D eigenvalue weighted by Crippen LogP contribution is 2.16. The van der Waals surface area contributed by atoms with Gasteiger partial charge < -0.3 is 9.47 Å². The topological polar surface area (TPSA) is 86.7 Å². The van der Waals surface area contributed by atoms with Gasteiger partial charge in [0.15, 0.2) is 0 Å². The molecule has 2 rings (SSSR count). The predicted molar refractivity (Wildman–Crippen MR) is 59.0 cm³/mol. The molecule has 2 heterocycles. The average Bonchev–Trinajstić information content (AvgIpc) is 2.82. The van der Waals surface area contributed by atoms with Gasteiger partial charge in [0.25, 0.3) is 0 Å². The van der Waals surface area contributed by atoms with E-state index in [1.54, 1.807) is 6.08 Å². The maximum absolute atomic E-state index is 10.8. The van der Waals surface area contributed by atoms with Crippen LogP contribution in [-0.4, -0.2) is 23.9 Å².